The molecule has 0 spiro atoms. The van der Waals surface area contributed by atoms with Gasteiger partial charge in [0.15, 0.2) is 6.61 Å². The molecule has 1 amide bonds. The molecule has 1 aromatic heterocycles. The van der Waals surface area contributed by atoms with Crippen LogP contribution in [0.4, 0.5) is 5.69 Å². The molecule has 1 heterocycles. The second kappa shape index (κ2) is 7.97. The van der Waals surface area contributed by atoms with E-state index in [9.17, 15) is 9.59 Å². The summed E-state index contributed by atoms with van der Waals surface area (Å²) in [7, 11) is 1.48. The van der Waals surface area contributed by atoms with Crippen LogP contribution >= 0.6 is 11.6 Å². The second-order valence-electron chi connectivity index (χ2n) is 5.48. The van der Waals surface area contributed by atoms with Crippen molar-refractivity contribution in [3.05, 3.63) is 51.4 Å². The van der Waals surface area contributed by atoms with Gasteiger partial charge < -0.3 is 10.1 Å². The molecule has 1 N–H and O–H groups in total. The quantitative estimate of drug-likeness (QED) is 0.870. The third-order valence-electron chi connectivity index (χ3n) is 3.77. The number of hydrogen-bond donors (Lipinski definition) is 1. The van der Waals surface area contributed by atoms with Gasteiger partial charge in [-0.25, -0.2) is 4.68 Å². The van der Waals surface area contributed by atoms with Gasteiger partial charge in [-0.3, -0.25) is 9.59 Å². The summed E-state index contributed by atoms with van der Waals surface area (Å²) in [5, 5.41) is 6.28. The van der Waals surface area contributed by atoms with Crippen LogP contribution in [-0.2, 0) is 11.8 Å². The Morgan fingerprint density at radius 2 is 2.12 bits per heavy atom. The molecule has 0 saturated heterocycles. The van der Waals surface area contributed by atoms with Crippen molar-refractivity contribution in [2.45, 2.75) is 26.2 Å². The number of carbonyl (C=O) groups excluding carboxylic acids is 1. The number of hydrogen-bond acceptors (Lipinski definition) is 4. The van der Waals surface area contributed by atoms with E-state index in [2.05, 4.69) is 24.3 Å². The minimum absolute atomic E-state index is 0.0825. The molecule has 24 heavy (non-hydrogen) atoms. The first-order valence-corrected chi connectivity index (χ1v) is 8.05. The number of aryl methyl sites for hydroxylation is 1. The Labute approximate surface area is 145 Å². The molecule has 0 radical (unpaired) electrons. The van der Waals surface area contributed by atoms with Gasteiger partial charge in [0.25, 0.3) is 11.5 Å². The largest absolute Gasteiger partial charge is 0.483 e. The molecule has 0 fully saturated rings. The van der Waals surface area contributed by atoms with E-state index in [4.69, 9.17) is 16.3 Å². The van der Waals surface area contributed by atoms with Crippen molar-refractivity contribution < 1.29 is 9.53 Å². The van der Waals surface area contributed by atoms with Crippen LogP contribution in [0.3, 0.4) is 0 Å². The van der Waals surface area contributed by atoms with Crippen LogP contribution in [0, 0.1) is 0 Å². The summed E-state index contributed by atoms with van der Waals surface area (Å²) in [5.74, 6) is 0.598. The number of amides is 1. The third-order valence-corrected chi connectivity index (χ3v) is 4.14. The highest BCUT2D eigenvalue weighted by Gasteiger charge is 2.13. The lowest BCUT2D eigenvalue weighted by molar-refractivity contribution is -0.118. The van der Waals surface area contributed by atoms with E-state index in [1.807, 2.05) is 24.3 Å². The topological polar surface area (TPSA) is 73.2 Å². The molecule has 0 aliphatic rings. The highest BCUT2D eigenvalue weighted by Crippen LogP contribution is 2.28. The van der Waals surface area contributed by atoms with E-state index >= 15 is 0 Å². The molecule has 0 aliphatic carbocycles. The molecule has 128 valence electrons. The zero-order valence-corrected chi connectivity index (χ0v) is 14.6. The van der Waals surface area contributed by atoms with E-state index in [0.717, 1.165) is 16.7 Å². The van der Waals surface area contributed by atoms with E-state index in [1.54, 1.807) is 0 Å². The monoisotopic (exact) mass is 349 g/mol. The summed E-state index contributed by atoms with van der Waals surface area (Å²) in [6.07, 6.45) is 2.30. The Bertz CT molecular complexity index is 789. The Kier molecular flexibility index (Phi) is 5.98. The van der Waals surface area contributed by atoms with Gasteiger partial charge in [-0.05, 0) is 24.0 Å². The van der Waals surface area contributed by atoms with Gasteiger partial charge in [0.2, 0.25) is 0 Å². The fourth-order valence-electron chi connectivity index (χ4n) is 2.17. The Morgan fingerprint density at radius 1 is 1.42 bits per heavy atom. The number of carbonyl (C=O) groups is 1. The average molecular weight is 350 g/mol. The van der Waals surface area contributed by atoms with Crippen LogP contribution in [0.1, 0.15) is 31.7 Å². The number of nitrogens with zero attached hydrogens (tertiary/aromatic N) is 2. The first kappa shape index (κ1) is 18.0. The Balaban J connectivity index is 2.05. The molecule has 2 aromatic rings. The maximum Gasteiger partial charge on any atom is 0.287 e. The Morgan fingerprint density at radius 3 is 2.83 bits per heavy atom. The van der Waals surface area contributed by atoms with E-state index in [1.165, 1.54) is 13.2 Å². The molecule has 0 saturated carbocycles. The average Bonchev–Trinajstić information content (AvgIpc) is 2.60. The molecular weight excluding hydrogens is 330 g/mol. The summed E-state index contributed by atoms with van der Waals surface area (Å²) in [6.45, 7) is 4.02. The standard InChI is InChI=1S/C17H20ClN3O3/c1-4-11(2)12-7-5-6-8-14(12)24-10-15(22)20-13-9-19-21(3)17(23)16(13)18/h5-9,11H,4,10H2,1-3H3,(H,20,22). The van der Waals surface area contributed by atoms with Gasteiger partial charge in [-0.2, -0.15) is 5.10 Å². The van der Waals surface area contributed by atoms with Crippen LogP contribution < -0.4 is 15.6 Å². The van der Waals surface area contributed by atoms with Gasteiger partial charge in [0, 0.05) is 7.05 Å². The number of anilines is 1. The van der Waals surface area contributed by atoms with Crippen LogP contribution in [-0.4, -0.2) is 22.3 Å². The highest BCUT2D eigenvalue weighted by molar-refractivity contribution is 6.33. The molecule has 2 rings (SSSR count). The van der Waals surface area contributed by atoms with E-state index in [-0.39, 0.29) is 17.3 Å². The van der Waals surface area contributed by atoms with Crippen molar-refractivity contribution in [1.29, 1.82) is 0 Å². The number of aromatic nitrogens is 2. The number of nitrogens with one attached hydrogen (secondary N) is 1. The van der Waals surface area contributed by atoms with Crippen molar-refractivity contribution in [3.8, 4) is 5.75 Å². The van der Waals surface area contributed by atoms with Gasteiger partial charge >= 0.3 is 0 Å². The fraction of sp³-hybridized carbons (Fsp3) is 0.353. The van der Waals surface area contributed by atoms with Gasteiger partial charge in [-0.15, -0.1) is 0 Å². The summed E-state index contributed by atoms with van der Waals surface area (Å²) < 4.78 is 6.72. The fourth-order valence-corrected chi connectivity index (χ4v) is 2.38. The SMILES string of the molecule is CCC(C)c1ccccc1OCC(=O)Nc1cnn(C)c(=O)c1Cl. The number of benzene rings is 1. The molecule has 7 heteroatoms. The smallest absolute Gasteiger partial charge is 0.287 e. The van der Waals surface area contributed by atoms with E-state index < -0.39 is 11.5 Å². The molecule has 6 nitrogen and oxygen atoms in total. The van der Waals surface area contributed by atoms with Crippen molar-refractivity contribution in [1.82, 2.24) is 9.78 Å². The molecule has 1 atom stereocenters. The number of ether oxygens (including phenoxy) is 1. The number of rotatable bonds is 6. The lowest BCUT2D eigenvalue weighted by Crippen LogP contribution is -2.25. The van der Waals surface area contributed by atoms with Crippen LogP contribution in [0.2, 0.25) is 5.02 Å². The van der Waals surface area contributed by atoms with Crippen LogP contribution in [0.5, 0.6) is 5.75 Å². The normalized spacial score (nSPS) is 11.8. The van der Waals surface area contributed by atoms with Crippen LogP contribution in [0.15, 0.2) is 35.3 Å². The van der Waals surface area contributed by atoms with Gasteiger partial charge in [-0.1, -0.05) is 43.6 Å². The maximum absolute atomic E-state index is 12.1. The zero-order chi connectivity index (χ0) is 17.7. The second-order valence-corrected chi connectivity index (χ2v) is 5.86. The third kappa shape index (κ3) is 4.14. The van der Waals surface area contributed by atoms with E-state index in [0.29, 0.717) is 11.7 Å². The summed E-state index contributed by atoms with van der Waals surface area (Å²) in [5.41, 5.74) is 0.752. The zero-order valence-electron chi connectivity index (χ0n) is 13.9. The molecule has 0 aliphatic heterocycles. The summed E-state index contributed by atoms with van der Waals surface area (Å²) >= 11 is 5.92. The predicted octanol–water partition coefficient (Wildman–Crippen LogP) is 2.96. The summed E-state index contributed by atoms with van der Waals surface area (Å²) in [4.78, 5) is 23.7. The van der Waals surface area contributed by atoms with Crippen LogP contribution in [0.25, 0.3) is 0 Å². The minimum atomic E-state index is -0.475. The van der Waals surface area contributed by atoms with Crippen molar-refractivity contribution in [2.24, 2.45) is 7.05 Å². The first-order chi connectivity index (χ1) is 11.4. The first-order valence-electron chi connectivity index (χ1n) is 7.67. The lowest BCUT2D eigenvalue weighted by Gasteiger charge is -2.15. The molecular formula is C17H20ClN3O3. The van der Waals surface area contributed by atoms with Crippen molar-refractivity contribution in [3.63, 3.8) is 0 Å². The molecule has 0 bridgehead atoms. The predicted molar refractivity (Wildman–Crippen MR) is 93.8 cm³/mol. The maximum atomic E-state index is 12.1. The molecule has 1 unspecified atom stereocenters. The van der Waals surface area contributed by atoms with Gasteiger partial charge in [0.1, 0.15) is 10.8 Å². The summed E-state index contributed by atoms with van der Waals surface area (Å²) in [6, 6.07) is 7.63. The number of para-hydroxylation sites is 1. The van der Waals surface area contributed by atoms with Crippen molar-refractivity contribution in [2.75, 3.05) is 11.9 Å². The lowest BCUT2D eigenvalue weighted by atomic mass is 9.98. The van der Waals surface area contributed by atoms with Crippen molar-refractivity contribution >= 4 is 23.2 Å². The minimum Gasteiger partial charge on any atom is -0.483 e. The highest BCUT2D eigenvalue weighted by atomic mass is 35.5. The molecule has 1 aromatic carbocycles. The van der Waals surface area contributed by atoms with Gasteiger partial charge in [0.05, 0.1) is 11.9 Å². The Hall–Kier alpha value is -2.34. The number of halogens is 1.